The lowest BCUT2D eigenvalue weighted by Gasteiger charge is -2.17. The van der Waals surface area contributed by atoms with E-state index in [4.69, 9.17) is 4.74 Å². The standard InChI is InChI=1S/C23H27N3O4/c1-15(2)23(29)25-18-6-3-5-17(14-18)24-21(27)7-4-12-30-19-9-10-20-16(13-19)8-11-22(28)26-20/h3,5-6,9-10,13-15H,4,7-8,11-12H2,1-2H3,(H,24,27)(H,25,29)(H,26,28). The van der Waals surface area contributed by atoms with Crippen molar-refractivity contribution in [1.82, 2.24) is 0 Å². The van der Waals surface area contributed by atoms with Crippen LogP contribution in [0.25, 0.3) is 0 Å². The van der Waals surface area contributed by atoms with Crippen molar-refractivity contribution in [3.05, 3.63) is 48.0 Å². The molecule has 0 spiro atoms. The SMILES string of the molecule is CC(C)C(=O)Nc1cccc(NC(=O)CCCOc2ccc3c(c2)CCC(=O)N3)c1. The van der Waals surface area contributed by atoms with Crippen molar-refractivity contribution in [2.24, 2.45) is 5.92 Å². The molecule has 3 amide bonds. The lowest BCUT2D eigenvalue weighted by atomic mass is 10.0. The molecule has 0 saturated heterocycles. The van der Waals surface area contributed by atoms with Crippen molar-refractivity contribution in [2.45, 2.75) is 39.5 Å². The Hall–Kier alpha value is -3.35. The third-order valence-corrected chi connectivity index (χ3v) is 4.73. The van der Waals surface area contributed by atoms with Gasteiger partial charge in [-0.1, -0.05) is 19.9 Å². The van der Waals surface area contributed by atoms with Crippen molar-refractivity contribution in [1.29, 1.82) is 0 Å². The number of nitrogens with one attached hydrogen (secondary N) is 3. The van der Waals surface area contributed by atoms with Gasteiger partial charge in [-0.3, -0.25) is 14.4 Å². The second-order valence-electron chi connectivity index (χ2n) is 7.59. The maximum atomic E-state index is 12.2. The van der Waals surface area contributed by atoms with Crippen molar-refractivity contribution < 1.29 is 19.1 Å². The van der Waals surface area contributed by atoms with E-state index in [0.29, 0.717) is 43.7 Å². The van der Waals surface area contributed by atoms with E-state index in [1.54, 1.807) is 24.3 Å². The molecule has 0 fully saturated rings. The Balaban J connectivity index is 1.42. The summed E-state index contributed by atoms with van der Waals surface area (Å²) in [6, 6.07) is 12.7. The van der Waals surface area contributed by atoms with Crippen LogP contribution in [0.15, 0.2) is 42.5 Å². The third kappa shape index (κ3) is 6.07. The van der Waals surface area contributed by atoms with Crippen LogP contribution in [-0.4, -0.2) is 24.3 Å². The molecule has 7 nitrogen and oxygen atoms in total. The van der Waals surface area contributed by atoms with Crippen molar-refractivity contribution in [3.63, 3.8) is 0 Å². The van der Waals surface area contributed by atoms with E-state index in [2.05, 4.69) is 16.0 Å². The molecule has 3 N–H and O–H groups in total. The Morgan fingerprint density at radius 2 is 1.83 bits per heavy atom. The molecular formula is C23H27N3O4. The Bertz CT molecular complexity index is 940. The fourth-order valence-electron chi connectivity index (χ4n) is 3.06. The Labute approximate surface area is 176 Å². The zero-order chi connectivity index (χ0) is 21.5. The zero-order valence-corrected chi connectivity index (χ0v) is 17.3. The molecule has 0 bridgehead atoms. The van der Waals surface area contributed by atoms with Crippen LogP contribution in [0.5, 0.6) is 5.75 Å². The molecule has 2 aromatic carbocycles. The van der Waals surface area contributed by atoms with Crippen LogP contribution < -0.4 is 20.7 Å². The molecule has 0 radical (unpaired) electrons. The number of carbonyl (C=O) groups excluding carboxylic acids is 3. The number of carbonyl (C=O) groups is 3. The fourth-order valence-corrected chi connectivity index (χ4v) is 3.06. The van der Waals surface area contributed by atoms with Gasteiger partial charge in [0.2, 0.25) is 17.7 Å². The van der Waals surface area contributed by atoms with Crippen molar-refractivity contribution in [3.8, 4) is 5.75 Å². The summed E-state index contributed by atoms with van der Waals surface area (Å²) in [6.45, 7) is 4.07. The molecule has 0 aliphatic carbocycles. The molecule has 1 heterocycles. The highest BCUT2D eigenvalue weighted by molar-refractivity contribution is 5.95. The predicted molar refractivity (Wildman–Crippen MR) is 117 cm³/mol. The van der Waals surface area contributed by atoms with Crippen molar-refractivity contribution in [2.75, 3.05) is 22.6 Å². The van der Waals surface area contributed by atoms with E-state index in [1.807, 2.05) is 32.0 Å². The van der Waals surface area contributed by atoms with E-state index >= 15 is 0 Å². The molecule has 7 heteroatoms. The molecule has 1 aliphatic rings. The Kier molecular flexibility index (Phi) is 7.06. The lowest BCUT2D eigenvalue weighted by molar-refractivity contribution is -0.119. The van der Waals surface area contributed by atoms with Crippen LogP contribution >= 0.6 is 0 Å². The molecule has 0 aromatic heterocycles. The number of rotatable bonds is 8. The van der Waals surface area contributed by atoms with Gasteiger partial charge < -0.3 is 20.7 Å². The highest BCUT2D eigenvalue weighted by atomic mass is 16.5. The summed E-state index contributed by atoms with van der Waals surface area (Å²) >= 11 is 0. The molecule has 2 aromatic rings. The molecular weight excluding hydrogens is 382 g/mol. The molecule has 0 atom stereocenters. The maximum Gasteiger partial charge on any atom is 0.226 e. The Morgan fingerprint density at radius 3 is 2.60 bits per heavy atom. The summed E-state index contributed by atoms with van der Waals surface area (Å²) in [7, 11) is 0. The largest absolute Gasteiger partial charge is 0.494 e. The van der Waals surface area contributed by atoms with Crippen molar-refractivity contribution >= 4 is 34.8 Å². The fraction of sp³-hybridized carbons (Fsp3) is 0.348. The van der Waals surface area contributed by atoms with Gasteiger partial charge >= 0.3 is 0 Å². The second kappa shape index (κ2) is 9.91. The minimum Gasteiger partial charge on any atom is -0.494 e. The average molecular weight is 409 g/mol. The first-order valence-corrected chi connectivity index (χ1v) is 10.2. The van der Waals surface area contributed by atoms with Gasteiger partial charge in [0.25, 0.3) is 0 Å². The van der Waals surface area contributed by atoms with Gasteiger partial charge in [0.1, 0.15) is 5.75 Å². The van der Waals surface area contributed by atoms with Crippen LogP contribution in [0.4, 0.5) is 17.1 Å². The average Bonchev–Trinajstić information content (AvgIpc) is 2.71. The third-order valence-electron chi connectivity index (χ3n) is 4.73. The summed E-state index contributed by atoms with van der Waals surface area (Å²) in [6.07, 6.45) is 2.09. The molecule has 3 rings (SSSR count). The van der Waals surface area contributed by atoms with Crippen LogP contribution in [0.1, 0.15) is 38.7 Å². The number of benzene rings is 2. The van der Waals surface area contributed by atoms with Gasteiger partial charge in [-0.05, 0) is 54.8 Å². The van der Waals surface area contributed by atoms with E-state index in [9.17, 15) is 14.4 Å². The van der Waals surface area contributed by atoms with Gasteiger partial charge in [0.05, 0.1) is 6.61 Å². The number of hydrogen-bond donors (Lipinski definition) is 3. The molecule has 158 valence electrons. The Morgan fingerprint density at radius 1 is 1.07 bits per heavy atom. The van der Waals surface area contributed by atoms with E-state index in [-0.39, 0.29) is 23.6 Å². The van der Waals surface area contributed by atoms with E-state index in [1.165, 1.54) is 0 Å². The quantitative estimate of drug-likeness (QED) is 0.575. The van der Waals surface area contributed by atoms with Crippen LogP contribution in [-0.2, 0) is 20.8 Å². The number of aryl methyl sites for hydroxylation is 1. The first-order chi connectivity index (χ1) is 14.4. The monoisotopic (exact) mass is 409 g/mol. The zero-order valence-electron chi connectivity index (χ0n) is 17.3. The van der Waals surface area contributed by atoms with E-state index < -0.39 is 0 Å². The first-order valence-electron chi connectivity index (χ1n) is 10.2. The van der Waals surface area contributed by atoms with Crippen LogP contribution in [0.2, 0.25) is 0 Å². The normalized spacial score (nSPS) is 12.7. The maximum absolute atomic E-state index is 12.2. The first kappa shape index (κ1) is 21.4. The number of hydrogen-bond acceptors (Lipinski definition) is 4. The summed E-state index contributed by atoms with van der Waals surface area (Å²) in [5.41, 5.74) is 3.19. The number of fused-ring (bicyclic) bond motifs is 1. The summed E-state index contributed by atoms with van der Waals surface area (Å²) in [5.74, 6) is 0.477. The number of amides is 3. The highest BCUT2D eigenvalue weighted by Gasteiger charge is 2.15. The minimum absolute atomic E-state index is 0.0371. The summed E-state index contributed by atoms with van der Waals surface area (Å²) in [5, 5.41) is 8.50. The topological polar surface area (TPSA) is 96.5 Å². The lowest BCUT2D eigenvalue weighted by Crippen LogP contribution is -2.18. The summed E-state index contributed by atoms with van der Waals surface area (Å²) < 4.78 is 5.74. The van der Waals surface area contributed by atoms with Crippen LogP contribution in [0.3, 0.4) is 0 Å². The minimum atomic E-state index is -0.114. The van der Waals surface area contributed by atoms with Crippen LogP contribution in [0, 0.1) is 5.92 Å². The highest BCUT2D eigenvalue weighted by Crippen LogP contribution is 2.27. The smallest absolute Gasteiger partial charge is 0.226 e. The molecule has 30 heavy (non-hydrogen) atoms. The number of anilines is 3. The second-order valence-corrected chi connectivity index (χ2v) is 7.59. The van der Waals surface area contributed by atoms with Gasteiger partial charge in [-0.2, -0.15) is 0 Å². The molecule has 0 saturated carbocycles. The van der Waals surface area contributed by atoms with Gasteiger partial charge in [0.15, 0.2) is 0 Å². The molecule has 1 aliphatic heterocycles. The number of ether oxygens (including phenoxy) is 1. The summed E-state index contributed by atoms with van der Waals surface area (Å²) in [4.78, 5) is 35.4. The molecule has 0 unspecified atom stereocenters. The van der Waals surface area contributed by atoms with E-state index in [0.717, 1.165) is 17.0 Å². The van der Waals surface area contributed by atoms with Gasteiger partial charge in [-0.15, -0.1) is 0 Å². The van der Waals surface area contributed by atoms with Gasteiger partial charge in [0, 0.05) is 35.8 Å². The van der Waals surface area contributed by atoms with Gasteiger partial charge in [-0.25, -0.2) is 0 Å². The predicted octanol–water partition coefficient (Wildman–Crippen LogP) is 3.96.